The van der Waals surface area contributed by atoms with E-state index in [2.05, 4.69) is 30.2 Å². The topological polar surface area (TPSA) is 55.2 Å². The van der Waals surface area contributed by atoms with Crippen molar-refractivity contribution in [2.75, 3.05) is 6.54 Å². The van der Waals surface area contributed by atoms with Crippen LogP contribution in [0.25, 0.3) is 0 Å². The summed E-state index contributed by atoms with van der Waals surface area (Å²) in [5, 5.41) is 13.4. The van der Waals surface area contributed by atoms with Gasteiger partial charge < -0.3 is 30.2 Å². The number of hydrogen-bond donors (Lipinski definition) is 1. The molecule has 16 heavy (non-hydrogen) atoms. The van der Waals surface area contributed by atoms with Crippen molar-refractivity contribution in [2.24, 2.45) is 0 Å². The minimum atomic E-state index is -0.388. The number of para-hydroxylation sites is 1. The molecule has 0 radical (unpaired) electrons. The number of rotatable bonds is 4. The molecule has 1 N–H and O–H groups in total. The zero-order valence-corrected chi connectivity index (χ0v) is 13.6. The van der Waals surface area contributed by atoms with Crippen molar-refractivity contribution in [2.45, 2.75) is 6.42 Å². The first-order valence-corrected chi connectivity index (χ1v) is 5.10. The van der Waals surface area contributed by atoms with Crippen LogP contribution in [0.3, 0.4) is 0 Å². The van der Waals surface area contributed by atoms with E-state index in [4.69, 9.17) is 0 Å². The largest absolute Gasteiger partial charge is 1.00 e. The van der Waals surface area contributed by atoms with Crippen LogP contribution in [0.4, 0.5) is 5.69 Å². The molecule has 0 atom stereocenters. The molecule has 7 heteroatoms. The quantitative estimate of drug-likeness (QED) is 0.241. The molecule has 80 valence electrons. The SMILES string of the molecule is O=[N+]([O-])c1ccccc1CCNC(=S)[S-].[K+]. The van der Waals surface area contributed by atoms with Gasteiger partial charge in [-0.1, -0.05) is 22.5 Å². The van der Waals surface area contributed by atoms with E-state index in [1.54, 1.807) is 18.2 Å². The van der Waals surface area contributed by atoms with Gasteiger partial charge in [-0.25, -0.2) is 0 Å². The second kappa shape index (κ2) is 8.46. The van der Waals surface area contributed by atoms with E-state index < -0.39 is 0 Å². The fourth-order valence-corrected chi connectivity index (χ4v) is 1.40. The third-order valence-corrected chi connectivity index (χ3v) is 2.14. The van der Waals surface area contributed by atoms with Gasteiger partial charge in [-0.2, -0.15) is 0 Å². The summed E-state index contributed by atoms with van der Waals surface area (Å²) in [7, 11) is 0. The Bertz CT molecular complexity index is 388. The molecule has 0 aliphatic heterocycles. The van der Waals surface area contributed by atoms with E-state index in [1.807, 2.05) is 0 Å². The fraction of sp³-hybridized carbons (Fsp3) is 0.222. The molecule has 0 saturated heterocycles. The molecule has 0 heterocycles. The first-order valence-electron chi connectivity index (χ1n) is 4.28. The van der Waals surface area contributed by atoms with Crippen LogP contribution in [0.15, 0.2) is 24.3 Å². The van der Waals surface area contributed by atoms with Crippen LogP contribution in [0.2, 0.25) is 0 Å². The predicted octanol–water partition coefficient (Wildman–Crippen LogP) is -1.44. The van der Waals surface area contributed by atoms with Gasteiger partial charge in [0.1, 0.15) is 0 Å². The monoisotopic (exact) mass is 280 g/mol. The van der Waals surface area contributed by atoms with Crippen LogP contribution in [0.5, 0.6) is 0 Å². The standard InChI is InChI=1S/C9H10N2O2S2.K/c12-11(13)8-4-2-1-3-7(8)5-6-10-9(14)15;/h1-4H,5-6H2,(H2,10,14,15);/q;+1/p-1. The van der Waals surface area contributed by atoms with Crippen molar-refractivity contribution in [3.63, 3.8) is 0 Å². The summed E-state index contributed by atoms with van der Waals surface area (Å²) in [5.41, 5.74) is 0.816. The van der Waals surface area contributed by atoms with E-state index in [1.165, 1.54) is 6.07 Å². The van der Waals surface area contributed by atoms with Crippen molar-refractivity contribution in [3.8, 4) is 0 Å². The van der Waals surface area contributed by atoms with Gasteiger partial charge in [-0.3, -0.25) is 10.1 Å². The summed E-state index contributed by atoms with van der Waals surface area (Å²) in [5.74, 6) is 0. The Labute approximate surface area is 147 Å². The molecule has 0 saturated carbocycles. The maximum Gasteiger partial charge on any atom is 1.00 e. The van der Waals surface area contributed by atoms with Gasteiger partial charge in [0.15, 0.2) is 0 Å². The summed E-state index contributed by atoms with van der Waals surface area (Å²) in [6.07, 6.45) is 0.536. The van der Waals surface area contributed by atoms with Crippen molar-refractivity contribution in [1.29, 1.82) is 0 Å². The van der Waals surface area contributed by atoms with E-state index in [9.17, 15) is 10.1 Å². The Morgan fingerprint density at radius 3 is 2.69 bits per heavy atom. The van der Waals surface area contributed by atoms with Crippen LogP contribution in [0.1, 0.15) is 5.56 Å². The first kappa shape index (κ1) is 16.4. The molecule has 1 aromatic carbocycles. The van der Waals surface area contributed by atoms with Crippen molar-refractivity contribution < 1.29 is 56.3 Å². The number of nitrogens with one attached hydrogen (secondary N) is 1. The molecule has 1 aromatic rings. The molecular formula is C9H9KN2O2S2. The Kier molecular flexibility index (Phi) is 8.65. The third-order valence-electron chi connectivity index (χ3n) is 1.85. The van der Waals surface area contributed by atoms with Crippen molar-refractivity contribution in [1.82, 2.24) is 5.32 Å². The van der Waals surface area contributed by atoms with Crippen LogP contribution in [-0.4, -0.2) is 15.8 Å². The molecule has 0 unspecified atom stereocenters. The Morgan fingerprint density at radius 2 is 2.12 bits per heavy atom. The van der Waals surface area contributed by atoms with Gasteiger partial charge in [-0.15, -0.1) is 0 Å². The van der Waals surface area contributed by atoms with Crippen molar-refractivity contribution >= 4 is 34.9 Å². The average Bonchev–Trinajstić information content (AvgIpc) is 2.17. The van der Waals surface area contributed by atoms with Gasteiger partial charge in [-0.05, 0) is 6.42 Å². The number of nitro benzene ring substituents is 1. The van der Waals surface area contributed by atoms with Gasteiger partial charge in [0, 0.05) is 18.2 Å². The molecule has 0 amide bonds. The molecule has 0 fully saturated rings. The second-order valence-corrected chi connectivity index (χ2v) is 3.92. The van der Waals surface area contributed by atoms with Gasteiger partial charge in [0.2, 0.25) is 0 Å². The maximum absolute atomic E-state index is 10.7. The number of nitrogens with zero attached hydrogens (tertiary/aromatic N) is 1. The first-order chi connectivity index (χ1) is 7.11. The van der Waals surface area contributed by atoms with Crippen LogP contribution >= 0.6 is 12.2 Å². The Morgan fingerprint density at radius 1 is 1.50 bits per heavy atom. The van der Waals surface area contributed by atoms with Crippen LogP contribution in [0, 0.1) is 10.1 Å². The van der Waals surface area contributed by atoms with Crippen LogP contribution < -0.4 is 56.7 Å². The van der Waals surface area contributed by atoms with Crippen LogP contribution in [-0.2, 0) is 19.0 Å². The molecule has 0 bridgehead atoms. The molecule has 0 aliphatic rings. The second-order valence-electron chi connectivity index (χ2n) is 2.85. The van der Waals surface area contributed by atoms with E-state index in [0.717, 1.165) is 0 Å². The smallest absolute Gasteiger partial charge is 0.412 e. The number of thiocarbonyl (C=S) groups is 1. The predicted molar refractivity (Wildman–Crippen MR) is 64.8 cm³/mol. The normalized spacial score (nSPS) is 9.00. The van der Waals surface area contributed by atoms with Gasteiger partial charge in [0.05, 0.1) is 4.92 Å². The molecule has 0 aromatic heterocycles. The molecular weight excluding hydrogens is 271 g/mol. The molecule has 1 rings (SSSR count). The zero-order valence-electron chi connectivity index (χ0n) is 8.80. The summed E-state index contributed by atoms with van der Waals surface area (Å²) >= 11 is 9.33. The number of hydrogen-bond acceptors (Lipinski definition) is 4. The minimum Gasteiger partial charge on any atom is -0.412 e. The Balaban J connectivity index is 0.00000225. The molecule has 4 nitrogen and oxygen atoms in total. The average molecular weight is 280 g/mol. The maximum atomic E-state index is 10.7. The zero-order chi connectivity index (χ0) is 11.3. The summed E-state index contributed by atoms with van der Waals surface area (Å²) in [4.78, 5) is 10.3. The summed E-state index contributed by atoms with van der Waals surface area (Å²) < 4.78 is 0.286. The molecule has 0 aliphatic carbocycles. The molecule has 0 spiro atoms. The summed E-state index contributed by atoms with van der Waals surface area (Å²) in [6, 6.07) is 6.63. The number of nitro groups is 1. The Hall–Kier alpha value is 0.366. The van der Waals surface area contributed by atoms with Gasteiger partial charge in [0.25, 0.3) is 5.69 Å². The third kappa shape index (κ3) is 5.62. The number of benzene rings is 1. The van der Waals surface area contributed by atoms with E-state index in [0.29, 0.717) is 18.5 Å². The summed E-state index contributed by atoms with van der Waals surface area (Å²) in [6.45, 7) is 0.521. The fourth-order valence-electron chi connectivity index (χ4n) is 1.20. The van der Waals surface area contributed by atoms with E-state index >= 15 is 0 Å². The van der Waals surface area contributed by atoms with Crippen molar-refractivity contribution in [3.05, 3.63) is 39.9 Å². The minimum absolute atomic E-state index is 0. The van der Waals surface area contributed by atoms with Gasteiger partial charge >= 0.3 is 51.4 Å². The van der Waals surface area contributed by atoms with E-state index in [-0.39, 0.29) is 66.3 Å².